The molecule has 1 aliphatic carbocycles. The number of hydrogen-bond acceptors (Lipinski definition) is 3. The highest BCUT2D eigenvalue weighted by Crippen LogP contribution is 2.27. The fourth-order valence-electron chi connectivity index (χ4n) is 2.91. The van der Waals surface area contributed by atoms with Crippen molar-refractivity contribution in [1.82, 2.24) is 15.1 Å². The lowest BCUT2D eigenvalue weighted by Gasteiger charge is -2.28. The van der Waals surface area contributed by atoms with Gasteiger partial charge in [-0.2, -0.15) is 5.10 Å². The summed E-state index contributed by atoms with van der Waals surface area (Å²) in [6.07, 6.45) is 5.80. The quantitative estimate of drug-likeness (QED) is 0.877. The number of aromatic nitrogens is 2. The average Bonchev–Trinajstić information content (AvgIpc) is 2.64. The number of nitrogens with two attached hydrogens (primary N) is 1. The van der Waals surface area contributed by atoms with Crippen molar-refractivity contribution < 1.29 is 4.79 Å². The molecule has 1 heterocycles. The number of nitrogen functional groups attached to an aromatic ring is 1. The second-order valence-corrected chi connectivity index (χ2v) is 5.57. The number of carbonyl (C=O) groups excluding carboxylic acids is 1. The Morgan fingerprint density at radius 1 is 1.42 bits per heavy atom. The Hall–Kier alpha value is -1.52. The van der Waals surface area contributed by atoms with Crippen molar-refractivity contribution in [2.75, 3.05) is 5.73 Å². The van der Waals surface area contributed by atoms with Crippen LogP contribution in [0.3, 0.4) is 0 Å². The number of hydrogen-bond donors (Lipinski definition) is 2. The van der Waals surface area contributed by atoms with Crippen molar-refractivity contribution in [3.63, 3.8) is 0 Å². The average molecular weight is 264 g/mol. The summed E-state index contributed by atoms with van der Waals surface area (Å²) in [6.45, 7) is 4.06. The molecule has 1 amide bonds. The molecule has 0 unspecified atom stereocenters. The largest absolute Gasteiger partial charge is 0.395 e. The van der Waals surface area contributed by atoms with E-state index in [1.54, 1.807) is 11.7 Å². The lowest BCUT2D eigenvalue weighted by atomic mass is 9.84. The van der Waals surface area contributed by atoms with Crippen molar-refractivity contribution in [2.24, 2.45) is 13.0 Å². The third-order valence-corrected chi connectivity index (χ3v) is 4.24. The lowest BCUT2D eigenvalue weighted by Crippen LogP contribution is -2.38. The highest BCUT2D eigenvalue weighted by atomic mass is 16.2. The van der Waals surface area contributed by atoms with Crippen molar-refractivity contribution in [2.45, 2.75) is 52.0 Å². The van der Waals surface area contributed by atoms with Gasteiger partial charge in [0.2, 0.25) is 0 Å². The van der Waals surface area contributed by atoms with Gasteiger partial charge in [-0.15, -0.1) is 0 Å². The molecule has 1 fully saturated rings. The Morgan fingerprint density at radius 3 is 2.53 bits per heavy atom. The predicted molar refractivity (Wildman–Crippen MR) is 75.9 cm³/mol. The van der Waals surface area contributed by atoms with Crippen LogP contribution in [-0.2, 0) is 7.05 Å². The van der Waals surface area contributed by atoms with E-state index in [0.717, 1.165) is 18.8 Å². The Balaban J connectivity index is 1.98. The van der Waals surface area contributed by atoms with Gasteiger partial charge >= 0.3 is 0 Å². The standard InChI is InChI=1S/C14H24N4O/c1-4-10-5-7-11(8-6-10)16-14(19)13-12(15)9(2)17-18(13)3/h10-11H,4-8,15H2,1-3H3,(H,16,19). The van der Waals surface area contributed by atoms with E-state index in [1.165, 1.54) is 19.3 Å². The smallest absolute Gasteiger partial charge is 0.271 e. The summed E-state index contributed by atoms with van der Waals surface area (Å²) in [4.78, 5) is 12.3. The Labute approximate surface area is 114 Å². The van der Waals surface area contributed by atoms with E-state index in [4.69, 9.17) is 5.73 Å². The van der Waals surface area contributed by atoms with E-state index < -0.39 is 0 Å². The SMILES string of the molecule is CCC1CCC(NC(=O)c2c(N)c(C)nn2C)CC1. The number of nitrogens with zero attached hydrogens (tertiary/aromatic N) is 2. The normalized spacial score (nSPS) is 23.3. The second kappa shape index (κ2) is 5.63. The van der Waals surface area contributed by atoms with Crippen LogP contribution in [0.15, 0.2) is 0 Å². The number of rotatable bonds is 3. The van der Waals surface area contributed by atoms with Gasteiger partial charge < -0.3 is 11.1 Å². The van der Waals surface area contributed by atoms with E-state index in [0.29, 0.717) is 17.1 Å². The third kappa shape index (κ3) is 2.91. The highest BCUT2D eigenvalue weighted by Gasteiger charge is 2.24. The van der Waals surface area contributed by atoms with Gasteiger partial charge in [0, 0.05) is 13.1 Å². The summed E-state index contributed by atoms with van der Waals surface area (Å²) < 4.78 is 1.57. The zero-order chi connectivity index (χ0) is 14.0. The molecule has 2 rings (SSSR count). The van der Waals surface area contributed by atoms with Crippen LogP contribution in [0.2, 0.25) is 0 Å². The van der Waals surface area contributed by atoms with E-state index in [1.807, 2.05) is 6.92 Å². The molecule has 1 aromatic heterocycles. The minimum absolute atomic E-state index is 0.0967. The van der Waals surface area contributed by atoms with Gasteiger partial charge in [-0.05, 0) is 38.5 Å². The first-order valence-corrected chi connectivity index (χ1v) is 7.12. The summed E-state index contributed by atoms with van der Waals surface area (Å²) in [6, 6.07) is 0.282. The van der Waals surface area contributed by atoms with Gasteiger partial charge in [0.15, 0.2) is 0 Å². The first-order chi connectivity index (χ1) is 9.02. The number of amides is 1. The Bertz CT molecular complexity index is 458. The number of nitrogens with one attached hydrogen (secondary N) is 1. The number of aryl methyl sites for hydroxylation is 2. The van der Waals surface area contributed by atoms with Gasteiger partial charge in [0.25, 0.3) is 5.91 Å². The molecule has 0 radical (unpaired) electrons. The summed E-state index contributed by atoms with van der Waals surface area (Å²) in [5, 5.41) is 7.28. The molecule has 0 atom stereocenters. The molecule has 5 nitrogen and oxygen atoms in total. The molecule has 0 saturated heterocycles. The molecule has 0 aromatic carbocycles. The van der Waals surface area contributed by atoms with Crippen molar-refractivity contribution >= 4 is 11.6 Å². The number of carbonyl (C=O) groups is 1. The van der Waals surface area contributed by atoms with Gasteiger partial charge in [-0.25, -0.2) is 0 Å². The van der Waals surface area contributed by atoms with E-state index in [9.17, 15) is 4.79 Å². The third-order valence-electron chi connectivity index (χ3n) is 4.24. The first kappa shape index (κ1) is 13.9. The van der Waals surface area contributed by atoms with Crippen molar-refractivity contribution in [1.29, 1.82) is 0 Å². The van der Waals surface area contributed by atoms with Crippen LogP contribution in [0.1, 0.15) is 55.2 Å². The summed E-state index contributed by atoms with van der Waals surface area (Å²) in [5.41, 5.74) is 7.59. The van der Waals surface area contributed by atoms with E-state index in [-0.39, 0.29) is 11.9 Å². The molecule has 1 aromatic rings. The molecule has 0 aliphatic heterocycles. The van der Waals surface area contributed by atoms with Crippen molar-refractivity contribution in [3.05, 3.63) is 11.4 Å². The molecule has 0 spiro atoms. The fraction of sp³-hybridized carbons (Fsp3) is 0.714. The first-order valence-electron chi connectivity index (χ1n) is 7.12. The molecule has 1 saturated carbocycles. The summed E-state index contributed by atoms with van der Waals surface area (Å²) >= 11 is 0. The minimum atomic E-state index is -0.0967. The molecule has 0 bridgehead atoms. The molecular weight excluding hydrogens is 240 g/mol. The summed E-state index contributed by atoms with van der Waals surface area (Å²) in [7, 11) is 1.76. The summed E-state index contributed by atoms with van der Waals surface area (Å²) in [5.74, 6) is 0.734. The zero-order valence-electron chi connectivity index (χ0n) is 12.1. The van der Waals surface area contributed by atoms with Gasteiger partial charge in [-0.1, -0.05) is 13.3 Å². The molecule has 3 N–H and O–H groups in total. The molecule has 19 heavy (non-hydrogen) atoms. The van der Waals surface area contributed by atoms with Crippen LogP contribution in [-0.4, -0.2) is 21.7 Å². The molecular formula is C14H24N4O. The molecule has 5 heteroatoms. The zero-order valence-corrected chi connectivity index (χ0v) is 12.1. The monoisotopic (exact) mass is 264 g/mol. The topological polar surface area (TPSA) is 72.9 Å². The second-order valence-electron chi connectivity index (χ2n) is 5.57. The van der Waals surface area contributed by atoms with Crippen LogP contribution in [0, 0.1) is 12.8 Å². The fourth-order valence-corrected chi connectivity index (χ4v) is 2.91. The molecule has 1 aliphatic rings. The van der Waals surface area contributed by atoms with Crippen LogP contribution in [0.5, 0.6) is 0 Å². The maximum Gasteiger partial charge on any atom is 0.271 e. The van der Waals surface area contributed by atoms with Gasteiger partial charge in [-0.3, -0.25) is 9.48 Å². The Kier molecular flexibility index (Phi) is 4.12. The van der Waals surface area contributed by atoms with Crippen LogP contribution >= 0.6 is 0 Å². The molecule has 106 valence electrons. The number of anilines is 1. The maximum absolute atomic E-state index is 12.3. The van der Waals surface area contributed by atoms with Crippen LogP contribution in [0.4, 0.5) is 5.69 Å². The lowest BCUT2D eigenvalue weighted by molar-refractivity contribution is 0.0913. The maximum atomic E-state index is 12.3. The van der Waals surface area contributed by atoms with E-state index >= 15 is 0 Å². The van der Waals surface area contributed by atoms with Gasteiger partial charge in [0.05, 0.1) is 11.4 Å². The van der Waals surface area contributed by atoms with Crippen LogP contribution < -0.4 is 11.1 Å². The minimum Gasteiger partial charge on any atom is -0.395 e. The van der Waals surface area contributed by atoms with Crippen molar-refractivity contribution in [3.8, 4) is 0 Å². The predicted octanol–water partition coefficient (Wildman–Crippen LogP) is 2.01. The highest BCUT2D eigenvalue weighted by molar-refractivity contribution is 5.98. The van der Waals surface area contributed by atoms with Crippen LogP contribution in [0.25, 0.3) is 0 Å². The van der Waals surface area contributed by atoms with E-state index in [2.05, 4.69) is 17.3 Å². The Morgan fingerprint density at radius 2 is 2.05 bits per heavy atom. The van der Waals surface area contributed by atoms with Gasteiger partial charge in [0.1, 0.15) is 5.69 Å².